The van der Waals surface area contributed by atoms with Crippen LogP contribution in [-0.4, -0.2) is 0 Å². The first-order chi connectivity index (χ1) is 4.77. The topological polar surface area (TPSA) is 0 Å². The fraction of sp³-hybridized carbons (Fsp3) is 0.500. The number of rotatable bonds is 2. The molecule has 0 saturated carbocycles. The van der Waals surface area contributed by atoms with E-state index in [2.05, 4.69) is 42.5 Å². The lowest BCUT2D eigenvalue weighted by Crippen LogP contribution is -1.72. The SMILES string of the molecule is CCc1cc(I)c(CC)s1. The Hall–Kier alpha value is 0.430. The van der Waals surface area contributed by atoms with Crippen molar-refractivity contribution in [3.05, 3.63) is 19.4 Å². The normalized spacial score (nSPS) is 10.3. The van der Waals surface area contributed by atoms with Gasteiger partial charge in [-0.1, -0.05) is 13.8 Å². The van der Waals surface area contributed by atoms with Crippen LogP contribution in [0.25, 0.3) is 0 Å². The van der Waals surface area contributed by atoms with Crippen molar-refractivity contribution >= 4 is 33.9 Å². The Morgan fingerprint density at radius 1 is 1.40 bits per heavy atom. The lowest BCUT2D eigenvalue weighted by molar-refractivity contribution is 1.17. The first kappa shape index (κ1) is 8.53. The van der Waals surface area contributed by atoms with Gasteiger partial charge in [0.05, 0.1) is 0 Å². The molecule has 0 nitrogen and oxygen atoms in total. The zero-order valence-electron chi connectivity index (χ0n) is 6.28. The molecular formula is C8H11IS. The van der Waals surface area contributed by atoms with E-state index in [0.717, 1.165) is 0 Å². The van der Waals surface area contributed by atoms with E-state index in [0.29, 0.717) is 0 Å². The van der Waals surface area contributed by atoms with Gasteiger partial charge >= 0.3 is 0 Å². The number of hydrogen-bond donors (Lipinski definition) is 0. The maximum atomic E-state index is 2.41. The molecule has 0 aliphatic carbocycles. The number of hydrogen-bond acceptors (Lipinski definition) is 1. The largest absolute Gasteiger partial charge is 0.144 e. The molecule has 0 bridgehead atoms. The average Bonchev–Trinajstić information content (AvgIpc) is 2.30. The predicted octanol–water partition coefficient (Wildman–Crippen LogP) is 3.48. The maximum Gasteiger partial charge on any atom is 0.0272 e. The van der Waals surface area contributed by atoms with Crippen LogP contribution in [0.15, 0.2) is 6.07 Å². The molecule has 0 unspecified atom stereocenters. The summed E-state index contributed by atoms with van der Waals surface area (Å²) in [7, 11) is 0. The number of thiophene rings is 1. The summed E-state index contributed by atoms with van der Waals surface area (Å²) in [6, 6.07) is 2.30. The van der Waals surface area contributed by atoms with Crippen LogP contribution in [0.5, 0.6) is 0 Å². The van der Waals surface area contributed by atoms with Crippen molar-refractivity contribution in [3.8, 4) is 0 Å². The van der Waals surface area contributed by atoms with Gasteiger partial charge in [0.25, 0.3) is 0 Å². The molecule has 0 amide bonds. The summed E-state index contributed by atoms with van der Waals surface area (Å²) in [6.07, 6.45) is 2.36. The summed E-state index contributed by atoms with van der Waals surface area (Å²) in [4.78, 5) is 3.05. The minimum atomic E-state index is 1.18. The number of halogens is 1. The van der Waals surface area contributed by atoms with Gasteiger partial charge in [-0.3, -0.25) is 0 Å². The minimum absolute atomic E-state index is 1.18. The Labute approximate surface area is 79.8 Å². The van der Waals surface area contributed by atoms with E-state index in [4.69, 9.17) is 0 Å². The van der Waals surface area contributed by atoms with Gasteiger partial charge in [0.2, 0.25) is 0 Å². The van der Waals surface area contributed by atoms with Crippen molar-refractivity contribution in [2.45, 2.75) is 26.7 Å². The molecule has 10 heavy (non-hydrogen) atoms. The van der Waals surface area contributed by atoms with Crippen LogP contribution in [0.1, 0.15) is 23.6 Å². The summed E-state index contributed by atoms with van der Waals surface area (Å²) < 4.78 is 1.45. The molecular weight excluding hydrogens is 255 g/mol. The average molecular weight is 266 g/mol. The monoisotopic (exact) mass is 266 g/mol. The molecule has 1 rings (SSSR count). The standard InChI is InChI=1S/C8H11IS/c1-3-6-5-7(9)8(4-2)10-6/h5H,3-4H2,1-2H3. The molecule has 1 heterocycles. The number of aryl methyl sites for hydroxylation is 2. The van der Waals surface area contributed by atoms with Crippen LogP contribution in [0.4, 0.5) is 0 Å². The highest BCUT2D eigenvalue weighted by Gasteiger charge is 2.01. The van der Waals surface area contributed by atoms with E-state index in [1.165, 1.54) is 26.2 Å². The third kappa shape index (κ3) is 1.72. The Bertz CT molecular complexity index is 215. The third-order valence-corrected chi connectivity index (χ3v) is 4.23. The zero-order valence-corrected chi connectivity index (χ0v) is 9.25. The van der Waals surface area contributed by atoms with Gasteiger partial charge < -0.3 is 0 Å². The molecule has 0 spiro atoms. The van der Waals surface area contributed by atoms with Gasteiger partial charge in [0.15, 0.2) is 0 Å². The lowest BCUT2D eigenvalue weighted by atomic mass is 10.3. The van der Waals surface area contributed by atoms with E-state index in [-0.39, 0.29) is 0 Å². The molecule has 0 N–H and O–H groups in total. The molecule has 0 radical (unpaired) electrons. The lowest BCUT2D eigenvalue weighted by Gasteiger charge is -1.86. The minimum Gasteiger partial charge on any atom is -0.144 e. The quantitative estimate of drug-likeness (QED) is 0.719. The van der Waals surface area contributed by atoms with E-state index in [9.17, 15) is 0 Å². The first-order valence-corrected chi connectivity index (χ1v) is 5.44. The molecule has 0 aliphatic rings. The van der Waals surface area contributed by atoms with E-state index < -0.39 is 0 Å². The van der Waals surface area contributed by atoms with E-state index >= 15 is 0 Å². The van der Waals surface area contributed by atoms with Gasteiger partial charge in [0, 0.05) is 13.3 Å². The van der Waals surface area contributed by atoms with Gasteiger partial charge in [-0.25, -0.2) is 0 Å². The Balaban J connectivity index is 2.92. The van der Waals surface area contributed by atoms with Crippen LogP contribution < -0.4 is 0 Å². The highest BCUT2D eigenvalue weighted by molar-refractivity contribution is 14.1. The second-order valence-electron chi connectivity index (χ2n) is 2.19. The van der Waals surface area contributed by atoms with Crippen LogP contribution >= 0.6 is 33.9 Å². The Morgan fingerprint density at radius 2 is 2.10 bits per heavy atom. The van der Waals surface area contributed by atoms with Crippen molar-refractivity contribution in [2.24, 2.45) is 0 Å². The third-order valence-electron chi connectivity index (χ3n) is 1.48. The summed E-state index contributed by atoms with van der Waals surface area (Å²) in [5.74, 6) is 0. The molecule has 2 heteroatoms. The molecule has 1 aromatic heterocycles. The zero-order chi connectivity index (χ0) is 7.56. The molecule has 0 fully saturated rings. The fourth-order valence-corrected chi connectivity index (χ4v) is 3.11. The smallest absolute Gasteiger partial charge is 0.0272 e. The second-order valence-corrected chi connectivity index (χ2v) is 4.57. The van der Waals surface area contributed by atoms with Crippen molar-refractivity contribution < 1.29 is 0 Å². The van der Waals surface area contributed by atoms with Crippen LogP contribution in [0.3, 0.4) is 0 Å². The van der Waals surface area contributed by atoms with Crippen molar-refractivity contribution in [2.75, 3.05) is 0 Å². The fourth-order valence-electron chi connectivity index (χ4n) is 0.874. The van der Waals surface area contributed by atoms with Gasteiger partial charge in [-0.2, -0.15) is 0 Å². The van der Waals surface area contributed by atoms with Crippen LogP contribution in [0, 0.1) is 3.57 Å². The van der Waals surface area contributed by atoms with Crippen LogP contribution in [-0.2, 0) is 12.8 Å². The summed E-state index contributed by atoms with van der Waals surface area (Å²) in [5, 5.41) is 0. The molecule has 0 aliphatic heterocycles. The van der Waals surface area contributed by atoms with E-state index in [1.807, 2.05) is 11.3 Å². The maximum absolute atomic E-state index is 2.41. The van der Waals surface area contributed by atoms with Crippen LogP contribution in [0.2, 0.25) is 0 Å². The van der Waals surface area contributed by atoms with Crippen molar-refractivity contribution in [1.29, 1.82) is 0 Å². The second kappa shape index (κ2) is 3.72. The van der Waals surface area contributed by atoms with Gasteiger partial charge in [0.1, 0.15) is 0 Å². The van der Waals surface area contributed by atoms with Crippen molar-refractivity contribution in [1.82, 2.24) is 0 Å². The molecule has 0 aromatic carbocycles. The molecule has 56 valence electrons. The first-order valence-electron chi connectivity index (χ1n) is 3.55. The highest BCUT2D eigenvalue weighted by Crippen LogP contribution is 2.24. The summed E-state index contributed by atoms with van der Waals surface area (Å²) in [5.41, 5.74) is 0. The van der Waals surface area contributed by atoms with Gasteiger partial charge in [-0.15, -0.1) is 11.3 Å². The summed E-state index contributed by atoms with van der Waals surface area (Å²) >= 11 is 4.37. The predicted molar refractivity (Wildman–Crippen MR) is 55.8 cm³/mol. The van der Waals surface area contributed by atoms with Gasteiger partial charge in [-0.05, 0) is 41.5 Å². The molecule has 1 aromatic rings. The van der Waals surface area contributed by atoms with Crippen molar-refractivity contribution in [3.63, 3.8) is 0 Å². The Morgan fingerprint density at radius 3 is 2.40 bits per heavy atom. The highest BCUT2D eigenvalue weighted by atomic mass is 127. The summed E-state index contributed by atoms with van der Waals surface area (Å²) in [6.45, 7) is 4.43. The van der Waals surface area contributed by atoms with E-state index in [1.54, 1.807) is 0 Å². The molecule has 0 saturated heterocycles. The Kier molecular flexibility index (Phi) is 3.17. The molecule has 0 atom stereocenters.